The number of hydrogen-bond donors (Lipinski definition) is 1. The van der Waals surface area contributed by atoms with Gasteiger partial charge >= 0.3 is 5.97 Å². The number of likely N-dealkylation sites (tertiary alicyclic amines) is 1. The van der Waals surface area contributed by atoms with E-state index in [0.29, 0.717) is 18.4 Å². The van der Waals surface area contributed by atoms with E-state index >= 15 is 0 Å². The first kappa shape index (κ1) is 15.0. The van der Waals surface area contributed by atoms with E-state index in [1.165, 1.54) is 11.1 Å². The number of hydrogen-bond acceptors (Lipinski definition) is 2. The van der Waals surface area contributed by atoms with E-state index in [0.717, 1.165) is 32.4 Å². The Balaban J connectivity index is 1.83. The zero-order valence-corrected chi connectivity index (χ0v) is 12.5. The predicted molar refractivity (Wildman–Crippen MR) is 80.8 cm³/mol. The monoisotopic (exact) mass is 275 g/mol. The molecular formula is C17H25NO2. The Hall–Kier alpha value is -1.35. The average Bonchev–Trinajstić information content (AvgIpc) is 2.46. The molecule has 1 N–H and O–H groups in total. The lowest BCUT2D eigenvalue weighted by Gasteiger charge is -2.36. The largest absolute Gasteiger partial charge is 0.481 e. The Morgan fingerprint density at radius 2 is 1.90 bits per heavy atom. The fourth-order valence-electron chi connectivity index (χ4n) is 3.01. The number of rotatable bonds is 5. The van der Waals surface area contributed by atoms with E-state index < -0.39 is 5.97 Å². The summed E-state index contributed by atoms with van der Waals surface area (Å²) in [5.41, 5.74) is 2.67. The maximum Gasteiger partial charge on any atom is 0.303 e. The zero-order valence-electron chi connectivity index (χ0n) is 12.5. The van der Waals surface area contributed by atoms with Crippen molar-refractivity contribution in [3.8, 4) is 0 Å². The summed E-state index contributed by atoms with van der Waals surface area (Å²) in [6, 6.07) is 9.24. The minimum atomic E-state index is -0.666. The Kier molecular flexibility index (Phi) is 5.18. The summed E-state index contributed by atoms with van der Waals surface area (Å²) in [6.07, 6.45) is 3.41. The standard InChI is InChI=1S/C17H25NO2/c1-13-3-6-16(7-4-13)14(2)18-11-9-15(10-12-18)5-8-17(19)20/h3-4,6-7,14-15H,5,8-12H2,1-2H3,(H,19,20). The molecule has 1 aromatic rings. The van der Waals surface area contributed by atoms with Crippen LogP contribution in [0.15, 0.2) is 24.3 Å². The van der Waals surface area contributed by atoms with Gasteiger partial charge in [-0.1, -0.05) is 29.8 Å². The fraction of sp³-hybridized carbons (Fsp3) is 0.588. The smallest absolute Gasteiger partial charge is 0.303 e. The van der Waals surface area contributed by atoms with Crippen molar-refractivity contribution >= 4 is 5.97 Å². The molecule has 1 atom stereocenters. The van der Waals surface area contributed by atoms with Gasteiger partial charge < -0.3 is 5.11 Å². The molecule has 3 nitrogen and oxygen atoms in total. The van der Waals surface area contributed by atoms with E-state index in [-0.39, 0.29) is 0 Å². The van der Waals surface area contributed by atoms with E-state index in [2.05, 4.69) is 43.0 Å². The first-order valence-electron chi connectivity index (χ1n) is 7.58. The summed E-state index contributed by atoms with van der Waals surface area (Å²) in [4.78, 5) is 13.1. The molecular weight excluding hydrogens is 250 g/mol. The number of aliphatic carboxylic acids is 1. The molecule has 1 heterocycles. The minimum Gasteiger partial charge on any atom is -0.481 e. The molecule has 1 aliphatic rings. The van der Waals surface area contributed by atoms with Gasteiger partial charge in [-0.15, -0.1) is 0 Å². The number of carbonyl (C=O) groups is 1. The van der Waals surface area contributed by atoms with Gasteiger partial charge in [0.1, 0.15) is 0 Å². The first-order chi connectivity index (χ1) is 9.56. The van der Waals surface area contributed by atoms with Crippen LogP contribution in [0, 0.1) is 12.8 Å². The Bertz CT molecular complexity index is 433. The van der Waals surface area contributed by atoms with Gasteiger partial charge in [0.05, 0.1) is 0 Å². The molecule has 1 aromatic carbocycles. The third-order valence-electron chi connectivity index (χ3n) is 4.52. The fourth-order valence-corrected chi connectivity index (χ4v) is 3.01. The highest BCUT2D eigenvalue weighted by molar-refractivity contribution is 5.66. The number of aryl methyl sites for hydroxylation is 1. The molecule has 0 aromatic heterocycles. The second-order valence-electron chi connectivity index (χ2n) is 6.00. The lowest BCUT2D eigenvalue weighted by Crippen LogP contribution is -2.35. The molecule has 1 unspecified atom stereocenters. The molecule has 0 bridgehead atoms. The van der Waals surface area contributed by atoms with E-state index in [4.69, 9.17) is 5.11 Å². The molecule has 3 heteroatoms. The van der Waals surface area contributed by atoms with Crippen molar-refractivity contribution in [2.45, 2.75) is 45.6 Å². The van der Waals surface area contributed by atoms with Crippen LogP contribution in [-0.2, 0) is 4.79 Å². The molecule has 0 radical (unpaired) electrons. The topological polar surface area (TPSA) is 40.5 Å². The number of nitrogens with zero attached hydrogens (tertiary/aromatic N) is 1. The van der Waals surface area contributed by atoms with Gasteiger partial charge in [-0.05, 0) is 57.7 Å². The summed E-state index contributed by atoms with van der Waals surface area (Å²) >= 11 is 0. The lowest BCUT2D eigenvalue weighted by molar-refractivity contribution is -0.137. The van der Waals surface area contributed by atoms with Crippen LogP contribution in [0.25, 0.3) is 0 Å². The maximum atomic E-state index is 10.6. The Morgan fingerprint density at radius 1 is 1.30 bits per heavy atom. The molecule has 0 spiro atoms. The van der Waals surface area contributed by atoms with Gasteiger partial charge in [0, 0.05) is 12.5 Å². The van der Waals surface area contributed by atoms with Gasteiger partial charge in [0.25, 0.3) is 0 Å². The van der Waals surface area contributed by atoms with Crippen LogP contribution in [0.4, 0.5) is 0 Å². The quantitative estimate of drug-likeness (QED) is 0.892. The van der Waals surface area contributed by atoms with Crippen molar-refractivity contribution < 1.29 is 9.90 Å². The van der Waals surface area contributed by atoms with Crippen LogP contribution in [0.5, 0.6) is 0 Å². The van der Waals surface area contributed by atoms with Gasteiger partial charge in [-0.25, -0.2) is 0 Å². The summed E-state index contributed by atoms with van der Waals surface area (Å²) in [6.45, 7) is 6.54. The zero-order chi connectivity index (χ0) is 14.5. The Morgan fingerprint density at radius 3 is 2.45 bits per heavy atom. The molecule has 1 aliphatic heterocycles. The molecule has 2 rings (SSSR count). The van der Waals surface area contributed by atoms with Gasteiger partial charge in [0.2, 0.25) is 0 Å². The molecule has 0 aliphatic carbocycles. The number of carboxylic acid groups (broad SMARTS) is 1. The second kappa shape index (κ2) is 6.89. The summed E-state index contributed by atoms with van der Waals surface area (Å²) < 4.78 is 0. The molecule has 110 valence electrons. The van der Waals surface area contributed by atoms with Gasteiger partial charge in [-0.3, -0.25) is 9.69 Å². The van der Waals surface area contributed by atoms with Crippen LogP contribution in [-0.4, -0.2) is 29.1 Å². The number of piperidine rings is 1. The second-order valence-corrected chi connectivity index (χ2v) is 6.00. The highest BCUT2D eigenvalue weighted by Gasteiger charge is 2.23. The van der Waals surface area contributed by atoms with E-state index in [1.807, 2.05) is 0 Å². The predicted octanol–water partition coefficient (Wildman–Crippen LogP) is 3.63. The third-order valence-corrected chi connectivity index (χ3v) is 4.52. The van der Waals surface area contributed by atoms with Crippen LogP contribution >= 0.6 is 0 Å². The molecule has 0 saturated carbocycles. The molecule has 20 heavy (non-hydrogen) atoms. The maximum absolute atomic E-state index is 10.6. The van der Waals surface area contributed by atoms with Crippen LogP contribution < -0.4 is 0 Å². The highest BCUT2D eigenvalue weighted by atomic mass is 16.4. The summed E-state index contributed by atoms with van der Waals surface area (Å²) in [5, 5.41) is 8.74. The van der Waals surface area contributed by atoms with Crippen LogP contribution in [0.2, 0.25) is 0 Å². The highest BCUT2D eigenvalue weighted by Crippen LogP contribution is 2.28. The SMILES string of the molecule is Cc1ccc(C(C)N2CCC(CCC(=O)O)CC2)cc1. The van der Waals surface area contributed by atoms with Crippen LogP contribution in [0.3, 0.4) is 0 Å². The van der Waals surface area contributed by atoms with Crippen molar-refractivity contribution in [1.82, 2.24) is 4.90 Å². The van der Waals surface area contributed by atoms with Crippen molar-refractivity contribution in [3.63, 3.8) is 0 Å². The molecule has 1 fully saturated rings. The van der Waals surface area contributed by atoms with Crippen molar-refractivity contribution in [3.05, 3.63) is 35.4 Å². The van der Waals surface area contributed by atoms with E-state index in [1.54, 1.807) is 0 Å². The molecule has 1 saturated heterocycles. The number of benzene rings is 1. The average molecular weight is 275 g/mol. The number of carboxylic acids is 1. The summed E-state index contributed by atoms with van der Waals surface area (Å²) in [7, 11) is 0. The molecule has 0 amide bonds. The summed E-state index contributed by atoms with van der Waals surface area (Å²) in [5.74, 6) is -0.0759. The van der Waals surface area contributed by atoms with E-state index in [9.17, 15) is 4.79 Å². The Labute approximate surface area is 121 Å². The van der Waals surface area contributed by atoms with Crippen LogP contribution in [0.1, 0.15) is 49.8 Å². The van der Waals surface area contributed by atoms with Gasteiger partial charge in [-0.2, -0.15) is 0 Å². The third kappa shape index (κ3) is 4.07. The lowest BCUT2D eigenvalue weighted by atomic mass is 9.91. The minimum absolute atomic E-state index is 0.318. The first-order valence-corrected chi connectivity index (χ1v) is 7.58. The normalized spacial score (nSPS) is 18.9. The van der Waals surface area contributed by atoms with Crippen molar-refractivity contribution in [2.75, 3.05) is 13.1 Å². The van der Waals surface area contributed by atoms with Gasteiger partial charge in [0.15, 0.2) is 0 Å². The van der Waals surface area contributed by atoms with Crippen molar-refractivity contribution in [1.29, 1.82) is 0 Å². The van der Waals surface area contributed by atoms with Crippen molar-refractivity contribution in [2.24, 2.45) is 5.92 Å².